The quantitative estimate of drug-likeness (QED) is 0.465. The van der Waals surface area contributed by atoms with Gasteiger partial charge in [0.25, 0.3) is 0 Å². The van der Waals surface area contributed by atoms with Crippen LogP contribution < -0.4 is 15.4 Å². The second-order valence-electron chi connectivity index (χ2n) is 7.95. The van der Waals surface area contributed by atoms with Gasteiger partial charge in [0.1, 0.15) is 5.75 Å². The molecule has 0 fully saturated rings. The van der Waals surface area contributed by atoms with Gasteiger partial charge in [0.2, 0.25) is 5.89 Å². The monoisotopic (exact) mass is 401 g/mol. The molecule has 0 radical (unpaired) electrons. The van der Waals surface area contributed by atoms with Crippen LogP contribution in [0.4, 0.5) is 0 Å². The van der Waals surface area contributed by atoms with E-state index < -0.39 is 0 Å². The highest BCUT2D eigenvalue weighted by molar-refractivity contribution is 5.79. The van der Waals surface area contributed by atoms with Crippen molar-refractivity contribution in [1.29, 1.82) is 0 Å². The fourth-order valence-corrected chi connectivity index (χ4v) is 2.64. The summed E-state index contributed by atoms with van der Waals surface area (Å²) in [5.41, 5.74) is 2.30. The van der Waals surface area contributed by atoms with Crippen molar-refractivity contribution in [3.8, 4) is 5.75 Å². The van der Waals surface area contributed by atoms with Crippen LogP contribution in [0.2, 0.25) is 0 Å². The third-order valence-electron chi connectivity index (χ3n) is 4.48. The lowest BCUT2D eigenvalue weighted by Crippen LogP contribution is -2.38. The Hall–Kier alpha value is -2.57. The van der Waals surface area contributed by atoms with E-state index in [1.807, 2.05) is 13.8 Å². The molecule has 0 saturated carbocycles. The third-order valence-corrected chi connectivity index (χ3v) is 4.48. The predicted molar refractivity (Wildman–Crippen MR) is 116 cm³/mol. The minimum atomic E-state index is 0.265. The maximum atomic E-state index is 6.03. The fraction of sp³-hybridized carbons (Fsp3) is 0.591. The number of guanidine groups is 1. The van der Waals surface area contributed by atoms with Gasteiger partial charge in [-0.15, -0.1) is 0 Å². The van der Waals surface area contributed by atoms with Crippen molar-refractivity contribution < 1.29 is 9.26 Å². The van der Waals surface area contributed by atoms with E-state index >= 15 is 0 Å². The summed E-state index contributed by atoms with van der Waals surface area (Å²) in [6, 6.07) is 6.30. The number of hydrogen-bond donors (Lipinski definition) is 2. The molecule has 1 heterocycles. The van der Waals surface area contributed by atoms with E-state index in [9.17, 15) is 0 Å². The molecule has 0 unspecified atom stereocenters. The number of aromatic nitrogens is 2. The average Bonchev–Trinajstić information content (AvgIpc) is 3.14. The van der Waals surface area contributed by atoms with E-state index in [1.165, 1.54) is 5.56 Å². The Kier molecular flexibility index (Phi) is 8.96. The Labute approximate surface area is 174 Å². The van der Waals surface area contributed by atoms with Crippen LogP contribution in [0.3, 0.4) is 0 Å². The largest absolute Gasteiger partial charge is 0.493 e. The molecular weight excluding hydrogens is 366 g/mol. The number of ether oxygens (including phenoxy) is 1. The molecule has 160 valence electrons. The number of nitrogens with zero attached hydrogens (tertiary/aromatic N) is 3. The van der Waals surface area contributed by atoms with Crippen molar-refractivity contribution in [2.24, 2.45) is 10.9 Å². The maximum absolute atomic E-state index is 6.03. The molecule has 0 bridgehead atoms. The van der Waals surface area contributed by atoms with E-state index in [0.29, 0.717) is 31.3 Å². The molecule has 29 heavy (non-hydrogen) atoms. The summed E-state index contributed by atoms with van der Waals surface area (Å²) in [6.45, 7) is 12.6. The minimum Gasteiger partial charge on any atom is -0.493 e. The number of nitrogens with one attached hydrogen (secondary N) is 2. The van der Waals surface area contributed by atoms with Gasteiger partial charge in [-0.3, -0.25) is 4.99 Å². The molecule has 0 aliphatic heterocycles. The summed E-state index contributed by atoms with van der Waals surface area (Å²) in [4.78, 5) is 8.68. The summed E-state index contributed by atoms with van der Waals surface area (Å²) in [5.74, 6) is 3.92. The first kappa shape index (κ1) is 22.7. The lowest BCUT2D eigenvalue weighted by Gasteiger charge is -2.16. The van der Waals surface area contributed by atoms with Crippen LogP contribution in [0, 0.1) is 12.8 Å². The van der Waals surface area contributed by atoms with Crippen LogP contribution in [0.15, 0.2) is 27.7 Å². The second-order valence-corrected chi connectivity index (χ2v) is 7.95. The van der Waals surface area contributed by atoms with Gasteiger partial charge >= 0.3 is 0 Å². The van der Waals surface area contributed by atoms with E-state index in [1.54, 1.807) is 7.05 Å². The normalized spacial score (nSPS) is 11.9. The molecule has 7 heteroatoms. The molecule has 0 amide bonds. The highest BCUT2D eigenvalue weighted by Crippen LogP contribution is 2.21. The van der Waals surface area contributed by atoms with Gasteiger partial charge in [0, 0.05) is 38.0 Å². The number of hydrogen-bond acceptors (Lipinski definition) is 5. The zero-order valence-electron chi connectivity index (χ0n) is 18.6. The van der Waals surface area contributed by atoms with Crippen LogP contribution in [0.25, 0.3) is 0 Å². The lowest BCUT2D eigenvalue weighted by molar-refractivity contribution is 0.286. The summed E-state index contributed by atoms with van der Waals surface area (Å²) >= 11 is 0. The predicted octanol–water partition coefficient (Wildman–Crippen LogP) is 3.83. The van der Waals surface area contributed by atoms with Crippen LogP contribution in [0.5, 0.6) is 5.75 Å². The van der Waals surface area contributed by atoms with Gasteiger partial charge in [-0.25, -0.2) is 0 Å². The van der Waals surface area contributed by atoms with Gasteiger partial charge < -0.3 is 19.9 Å². The SMILES string of the molecule is CN=C(NCCc1nc(C(C)C)no1)NCc1ccc(C)cc1OCCC(C)C. The first-order valence-corrected chi connectivity index (χ1v) is 10.4. The van der Waals surface area contributed by atoms with Crippen LogP contribution in [-0.4, -0.2) is 36.3 Å². The van der Waals surface area contributed by atoms with Crippen molar-refractivity contribution in [2.45, 2.75) is 59.9 Å². The van der Waals surface area contributed by atoms with Crippen LogP contribution >= 0.6 is 0 Å². The van der Waals surface area contributed by atoms with E-state index in [0.717, 1.165) is 36.1 Å². The average molecular weight is 402 g/mol. The van der Waals surface area contributed by atoms with Crippen LogP contribution in [0.1, 0.15) is 62.9 Å². The molecule has 2 N–H and O–H groups in total. The topological polar surface area (TPSA) is 84.6 Å². The highest BCUT2D eigenvalue weighted by Gasteiger charge is 2.10. The molecule has 1 aromatic heterocycles. The second kappa shape index (κ2) is 11.4. The van der Waals surface area contributed by atoms with Gasteiger partial charge in [-0.2, -0.15) is 4.98 Å². The van der Waals surface area contributed by atoms with Crippen molar-refractivity contribution in [1.82, 2.24) is 20.8 Å². The Morgan fingerprint density at radius 2 is 2.00 bits per heavy atom. The molecule has 0 aliphatic rings. The first-order chi connectivity index (χ1) is 13.9. The molecule has 0 spiro atoms. The number of rotatable bonds is 10. The zero-order chi connectivity index (χ0) is 21.2. The first-order valence-electron chi connectivity index (χ1n) is 10.4. The standard InChI is InChI=1S/C22H35N5O2/c1-15(2)10-12-28-19-13-17(5)7-8-18(19)14-25-22(23-6)24-11-9-20-26-21(16(3)4)27-29-20/h7-8,13,15-16H,9-12,14H2,1-6H3,(H2,23,24,25). The van der Waals surface area contributed by atoms with Gasteiger partial charge in [-0.05, 0) is 30.9 Å². The van der Waals surface area contributed by atoms with E-state index in [4.69, 9.17) is 9.26 Å². The molecule has 2 aromatic rings. The number of benzene rings is 1. The third kappa shape index (κ3) is 7.75. The van der Waals surface area contributed by atoms with Gasteiger partial charge in [0.05, 0.1) is 6.61 Å². The molecule has 2 rings (SSSR count). The fourth-order valence-electron chi connectivity index (χ4n) is 2.64. The zero-order valence-corrected chi connectivity index (χ0v) is 18.6. The lowest BCUT2D eigenvalue weighted by atomic mass is 10.1. The van der Waals surface area contributed by atoms with Gasteiger partial charge in [0.15, 0.2) is 11.8 Å². The Morgan fingerprint density at radius 3 is 2.66 bits per heavy atom. The molecule has 1 aromatic carbocycles. The molecule has 0 atom stereocenters. The van der Waals surface area contributed by atoms with E-state index in [2.05, 4.69) is 64.7 Å². The highest BCUT2D eigenvalue weighted by atomic mass is 16.5. The van der Waals surface area contributed by atoms with Crippen molar-refractivity contribution in [3.05, 3.63) is 41.0 Å². The smallest absolute Gasteiger partial charge is 0.228 e. The van der Waals surface area contributed by atoms with Crippen molar-refractivity contribution >= 4 is 5.96 Å². The van der Waals surface area contributed by atoms with Crippen LogP contribution in [-0.2, 0) is 13.0 Å². The Bertz CT molecular complexity index is 783. The molecule has 0 aliphatic carbocycles. The summed E-state index contributed by atoms with van der Waals surface area (Å²) in [6.07, 6.45) is 1.69. The summed E-state index contributed by atoms with van der Waals surface area (Å²) in [7, 11) is 1.76. The van der Waals surface area contributed by atoms with Crippen molar-refractivity contribution in [2.75, 3.05) is 20.2 Å². The summed E-state index contributed by atoms with van der Waals surface area (Å²) < 4.78 is 11.3. The maximum Gasteiger partial charge on any atom is 0.228 e. The number of aryl methyl sites for hydroxylation is 1. The van der Waals surface area contributed by atoms with Crippen molar-refractivity contribution in [3.63, 3.8) is 0 Å². The Morgan fingerprint density at radius 1 is 1.21 bits per heavy atom. The number of aliphatic imine (C=N–C) groups is 1. The Balaban J connectivity index is 1.85. The molecule has 7 nitrogen and oxygen atoms in total. The summed E-state index contributed by atoms with van der Waals surface area (Å²) in [5, 5.41) is 10.6. The van der Waals surface area contributed by atoms with E-state index in [-0.39, 0.29) is 5.92 Å². The molecular formula is C22H35N5O2. The van der Waals surface area contributed by atoms with Gasteiger partial charge in [-0.1, -0.05) is 45.0 Å². The minimum absolute atomic E-state index is 0.265. The molecule has 0 saturated heterocycles.